The van der Waals surface area contributed by atoms with Gasteiger partial charge >= 0.3 is 0 Å². The van der Waals surface area contributed by atoms with Crippen LogP contribution in [0, 0.1) is 5.82 Å². The van der Waals surface area contributed by atoms with Gasteiger partial charge in [0.25, 0.3) is 0 Å². The Hall–Kier alpha value is -1.49. The van der Waals surface area contributed by atoms with Gasteiger partial charge in [-0.2, -0.15) is 11.8 Å². The zero-order chi connectivity index (χ0) is 14.3. The van der Waals surface area contributed by atoms with E-state index in [1.54, 1.807) is 6.20 Å². The molecule has 2 heterocycles. The highest BCUT2D eigenvalue weighted by atomic mass is 32.2. The van der Waals surface area contributed by atoms with Gasteiger partial charge in [-0.15, -0.1) is 0 Å². The Morgan fingerprint density at radius 3 is 3.00 bits per heavy atom. The molecule has 1 aromatic heterocycles. The van der Waals surface area contributed by atoms with Crippen LogP contribution in [0.5, 0.6) is 0 Å². The highest BCUT2D eigenvalue weighted by Gasteiger charge is 2.30. The molecule has 0 radical (unpaired) electrons. The largest absolute Gasteiger partial charge is 0.398 e. The molecule has 1 saturated heterocycles. The first kappa shape index (κ1) is 13.5. The van der Waals surface area contributed by atoms with Gasteiger partial charge in [0.1, 0.15) is 0 Å². The van der Waals surface area contributed by atoms with Gasteiger partial charge in [-0.25, -0.2) is 4.39 Å². The van der Waals surface area contributed by atoms with Gasteiger partial charge in [0.2, 0.25) is 0 Å². The molecule has 0 saturated carbocycles. The average Bonchev–Trinajstić information content (AvgIpc) is 2.37. The number of anilines is 2. The van der Waals surface area contributed by atoms with E-state index in [4.69, 9.17) is 5.73 Å². The molecule has 3 nitrogen and oxygen atoms in total. The number of pyridine rings is 1. The standard InChI is InChI=1S/C15H18FN3S/c1-15(2)9-19(6-7-20-15)14-11(16)8-12(17)10-4-3-5-18-13(10)14/h3-5,8H,6-7,9,17H2,1-2H3. The van der Waals surface area contributed by atoms with Crippen LogP contribution in [0.1, 0.15) is 13.8 Å². The van der Waals surface area contributed by atoms with E-state index < -0.39 is 0 Å². The van der Waals surface area contributed by atoms with E-state index in [2.05, 4.69) is 23.7 Å². The van der Waals surface area contributed by atoms with Crippen LogP contribution in [0.3, 0.4) is 0 Å². The van der Waals surface area contributed by atoms with Crippen LogP contribution >= 0.6 is 11.8 Å². The highest BCUT2D eigenvalue weighted by Crippen LogP contribution is 2.37. The van der Waals surface area contributed by atoms with Crippen LogP contribution in [0.15, 0.2) is 24.4 Å². The lowest BCUT2D eigenvalue weighted by molar-refractivity contribution is 0.600. The number of nitrogens with two attached hydrogens (primary N) is 1. The summed E-state index contributed by atoms with van der Waals surface area (Å²) >= 11 is 1.92. The molecule has 0 spiro atoms. The number of thioether (sulfide) groups is 1. The van der Waals surface area contributed by atoms with Crippen LogP contribution in [0.2, 0.25) is 0 Å². The molecule has 1 fully saturated rings. The molecule has 20 heavy (non-hydrogen) atoms. The van der Waals surface area contributed by atoms with Crippen LogP contribution in [0.4, 0.5) is 15.8 Å². The summed E-state index contributed by atoms with van der Waals surface area (Å²) < 4.78 is 14.6. The second-order valence-electron chi connectivity index (χ2n) is 5.73. The number of halogens is 1. The molecule has 0 aliphatic carbocycles. The predicted octanol–water partition coefficient (Wildman–Crippen LogP) is 3.29. The summed E-state index contributed by atoms with van der Waals surface area (Å²) in [6.07, 6.45) is 1.69. The maximum Gasteiger partial charge on any atom is 0.150 e. The van der Waals surface area contributed by atoms with Crippen molar-refractivity contribution < 1.29 is 4.39 Å². The molecular formula is C15H18FN3S. The van der Waals surface area contributed by atoms with Crippen LogP contribution in [-0.4, -0.2) is 28.6 Å². The fraction of sp³-hybridized carbons (Fsp3) is 0.400. The first-order chi connectivity index (χ1) is 9.48. The Morgan fingerprint density at radius 1 is 1.45 bits per heavy atom. The van der Waals surface area contributed by atoms with Crippen molar-refractivity contribution in [3.63, 3.8) is 0 Å². The van der Waals surface area contributed by atoms with Gasteiger partial charge in [-0.05, 0) is 32.0 Å². The van der Waals surface area contributed by atoms with Crippen molar-refractivity contribution in [3.8, 4) is 0 Å². The molecule has 1 aliphatic rings. The average molecular weight is 291 g/mol. The van der Waals surface area contributed by atoms with Crippen LogP contribution in [0.25, 0.3) is 10.9 Å². The van der Waals surface area contributed by atoms with Gasteiger partial charge in [0.05, 0.1) is 11.2 Å². The van der Waals surface area contributed by atoms with E-state index in [9.17, 15) is 4.39 Å². The first-order valence-electron chi connectivity index (χ1n) is 6.69. The zero-order valence-electron chi connectivity index (χ0n) is 11.7. The van der Waals surface area contributed by atoms with E-state index in [0.717, 1.165) is 24.2 Å². The number of nitrogens with zero attached hydrogens (tertiary/aromatic N) is 2. The van der Waals surface area contributed by atoms with E-state index in [0.29, 0.717) is 16.9 Å². The third-order valence-electron chi connectivity index (χ3n) is 3.59. The monoisotopic (exact) mass is 291 g/mol. The summed E-state index contributed by atoms with van der Waals surface area (Å²) in [5.41, 5.74) is 7.60. The van der Waals surface area contributed by atoms with Crippen molar-refractivity contribution in [1.82, 2.24) is 4.98 Å². The molecule has 5 heteroatoms. The van der Waals surface area contributed by atoms with E-state index >= 15 is 0 Å². The molecule has 0 bridgehead atoms. The first-order valence-corrected chi connectivity index (χ1v) is 7.68. The van der Waals surface area contributed by atoms with Crippen molar-refractivity contribution in [1.29, 1.82) is 0 Å². The fourth-order valence-electron chi connectivity index (χ4n) is 2.73. The summed E-state index contributed by atoms with van der Waals surface area (Å²) in [5, 5.41) is 0.819. The van der Waals surface area contributed by atoms with Gasteiger partial charge in [-0.1, -0.05) is 0 Å². The van der Waals surface area contributed by atoms with E-state index in [1.165, 1.54) is 6.07 Å². The lowest BCUT2D eigenvalue weighted by Gasteiger charge is -2.39. The molecule has 2 N–H and O–H groups in total. The maximum absolute atomic E-state index is 14.4. The Bertz CT molecular complexity index is 657. The molecule has 3 rings (SSSR count). The minimum absolute atomic E-state index is 0.118. The van der Waals surface area contributed by atoms with Gasteiger partial charge < -0.3 is 10.6 Å². The number of benzene rings is 1. The van der Waals surface area contributed by atoms with Crippen LogP contribution < -0.4 is 10.6 Å². The van der Waals surface area contributed by atoms with Crippen LogP contribution in [-0.2, 0) is 0 Å². The van der Waals surface area contributed by atoms with Crippen molar-refractivity contribution >= 4 is 34.0 Å². The molecule has 1 aliphatic heterocycles. The van der Waals surface area contributed by atoms with E-state index in [-0.39, 0.29) is 10.6 Å². The van der Waals surface area contributed by atoms with Crippen molar-refractivity contribution in [3.05, 3.63) is 30.2 Å². The molecule has 106 valence electrons. The zero-order valence-corrected chi connectivity index (χ0v) is 12.5. The SMILES string of the molecule is CC1(C)CN(c2c(F)cc(N)c3cccnc23)CCS1. The Morgan fingerprint density at radius 2 is 2.25 bits per heavy atom. The molecule has 0 amide bonds. The smallest absolute Gasteiger partial charge is 0.150 e. The summed E-state index contributed by atoms with van der Waals surface area (Å²) in [5.74, 6) is 0.710. The topological polar surface area (TPSA) is 42.1 Å². The van der Waals surface area contributed by atoms with E-state index in [1.807, 2.05) is 23.9 Å². The summed E-state index contributed by atoms with van der Waals surface area (Å²) in [6, 6.07) is 5.13. The normalized spacial score (nSPS) is 18.4. The summed E-state index contributed by atoms with van der Waals surface area (Å²) in [7, 11) is 0. The number of hydrogen-bond donors (Lipinski definition) is 1. The number of fused-ring (bicyclic) bond motifs is 1. The quantitative estimate of drug-likeness (QED) is 0.819. The summed E-state index contributed by atoms with van der Waals surface area (Å²) in [4.78, 5) is 6.46. The summed E-state index contributed by atoms with van der Waals surface area (Å²) in [6.45, 7) is 6.02. The fourth-order valence-corrected chi connectivity index (χ4v) is 3.84. The van der Waals surface area contributed by atoms with Crippen molar-refractivity contribution in [2.24, 2.45) is 0 Å². The third-order valence-corrected chi connectivity index (χ3v) is 4.89. The highest BCUT2D eigenvalue weighted by molar-refractivity contribution is 8.00. The third kappa shape index (κ3) is 2.30. The van der Waals surface area contributed by atoms with Crippen molar-refractivity contribution in [2.45, 2.75) is 18.6 Å². The molecule has 0 atom stereocenters. The molecule has 1 aromatic carbocycles. The van der Waals surface area contributed by atoms with Gasteiger partial charge in [0.15, 0.2) is 5.82 Å². The maximum atomic E-state index is 14.4. The van der Waals surface area contributed by atoms with Gasteiger partial charge in [-0.3, -0.25) is 4.98 Å². The molecule has 0 unspecified atom stereocenters. The minimum Gasteiger partial charge on any atom is -0.398 e. The second-order valence-corrected chi connectivity index (χ2v) is 7.53. The predicted molar refractivity (Wildman–Crippen MR) is 84.9 cm³/mol. The Kier molecular flexibility index (Phi) is 3.24. The number of aromatic nitrogens is 1. The number of rotatable bonds is 1. The number of nitrogen functional groups attached to an aromatic ring is 1. The molecular weight excluding hydrogens is 273 g/mol. The van der Waals surface area contributed by atoms with Crippen molar-refractivity contribution in [2.75, 3.05) is 29.5 Å². The molecule has 2 aromatic rings. The lowest BCUT2D eigenvalue weighted by Crippen LogP contribution is -2.43. The van der Waals surface area contributed by atoms with Gasteiger partial charge in [0, 0.05) is 40.9 Å². The lowest BCUT2D eigenvalue weighted by atomic mass is 10.1. The minimum atomic E-state index is -0.281. The second kappa shape index (κ2) is 4.81. The number of hydrogen-bond acceptors (Lipinski definition) is 4. The Labute approximate surface area is 122 Å². The Balaban J connectivity index is 2.16.